The number of hydrogen-bond donors (Lipinski definition) is 2. The van der Waals surface area contributed by atoms with Gasteiger partial charge in [-0.15, -0.1) is 0 Å². The lowest BCUT2D eigenvalue weighted by Gasteiger charge is -2.13. The fraction of sp³-hybridized carbons (Fsp3) is 0.500. The highest BCUT2D eigenvalue weighted by molar-refractivity contribution is 5.94. The summed E-state index contributed by atoms with van der Waals surface area (Å²) in [4.78, 5) is 26.9. The van der Waals surface area contributed by atoms with E-state index < -0.39 is 5.97 Å². The monoisotopic (exact) mass is 262 g/mol. The Morgan fingerprint density at radius 2 is 2.16 bits per heavy atom. The molecule has 1 aliphatic rings. The number of nitrogens with one attached hydrogen (secondary N) is 1. The molecule has 0 spiro atoms. The third-order valence-electron chi connectivity index (χ3n) is 3.31. The first-order valence-electron chi connectivity index (χ1n) is 6.49. The van der Waals surface area contributed by atoms with E-state index in [1.165, 1.54) is 25.0 Å². The molecule has 2 rings (SSSR count). The van der Waals surface area contributed by atoms with Gasteiger partial charge in [0.2, 0.25) is 0 Å². The van der Waals surface area contributed by atoms with Crippen molar-refractivity contribution >= 4 is 11.9 Å². The summed E-state index contributed by atoms with van der Waals surface area (Å²) in [5.41, 5.74) is 0.753. The van der Waals surface area contributed by atoms with Crippen LogP contribution < -0.4 is 5.32 Å². The number of amides is 1. The van der Waals surface area contributed by atoms with E-state index in [1.54, 1.807) is 6.92 Å². The molecule has 5 heteroatoms. The van der Waals surface area contributed by atoms with Crippen molar-refractivity contribution in [2.24, 2.45) is 5.92 Å². The van der Waals surface area contributed by atoms with Gasteiger partial charge in [-0.25, -0.2) is 9.78 Å². The van der Waals surface area contributed by atoms with Gasteiger partial charge in [-0.05, 0) is 38.3 Å². The minimum atomic E-state index is -1.03. The number of aryl methyl sites for hydroxylation is 1. The Balaban J connectivity index is 2.02. The van der Waals surface area contributed by atoms with Crippen molar-refractivity contribution in [1.29, 1.82) is 0 Å². The number of aromatic carboxylic acids is 1. The van der Waals surface area contributed by atoms with E-state index in [4.69, 9.17) is 5.11 Å². The fourth-order valence-corrected chi connectivity index (χ4v) is 2.12. The van der Waals surface area contributed by atoms with Gasteiger partial charge in [0.15, 0.2) is 0 Å². The zero-order chi connectivity index (χ0) is 14.0. The molecule has 2 N–H and O–H groups in total. The van der Waals surface area contributed by atoms with E-state index in [1.807, 2.05) is 6.92 Å². The summed E-state index contributed by atoms with van der Waals surface area (Å²) in [5.74, 6) is -0.522. The van der Waals surface area contributed by atoms with Crippen LogP contribution in [0.2, 0.25) is 0 Å². The number of rotatable bonds is 5. The number of hydrogen-bond acceptors (Lipinski definition) is 3. The van der Waals surface area contributed by atoms with Crippen LogP contribution in [0.3, 0.4) is 0 Å². The highest BCUT2D eigenvalue weighted by Gasteiger charge is 2.24. The minimum Gasteiger partial charge on any atom is -0.478 e. The van der Waals surface area contributed by atoms with Crippen LogP contribution in [0.1, 0.15) is 52.7 Å². The standard InChI is InChI=1S/C14H18N2O3/c1-8(7-10-3-4-10)15-13(17)12-6-5-11(14(18)19)9(2)16-12/h5-6,8,10H,3-4,7H2,1-2H3,(H,15,17)(H,18,19). The number of nitrogens with zero attached hydrogens (tertiary/aromatic N) is 1. The van der Waals surface area contributed by atoms with Crippen LogP contribution >= 0.6 is 0 Å². The van der Waals surface area contributed by atoms with E-state index in [9.17, 15) is 9.59 Å². The molecule has 1 fully saturated rings. The molecule has 1 saturated carbocycles. The Morgan fingerprint density at radius 3 is 2.68 bits per heavy atom. The van der Waals surface area contributed by atoms with Gasteiger partial charge in [0, 0.05) is 6.04 Å². The third-order valence-corrected chi connectivity index (χ3v) is 3.31. The number of carboxylic acid groups (broad SMARTS) is 1. The number of carbonyl (C=O) groups is 2. The van der Waals surface area contributed by atoms with Gasteiger partial charge < -0.3 is 10.4 Å². The first-order chi connectivity index (χ1) is 8.97. The van der Waals surface area contributed by atoms with Crippen molar-refractivity contribution in [3.8, 4) is 0 Å². The van der Waals surface area contributed by atoms with E-state index in [0.29, 0.717) is 5.69 Å². The molecule has 1 amide bonds. The predicted octanol–water partition coefficient (Wildman–Crippen LogP) is 2.01. The lowest BCUT2D eigenvalue weighted by molar-refractivity contribution is 0.0694. The molecule has 1 aromatic rings. The van der Waals surface area contributed by atoms with Crippen molar-refractivity contribution < 1.29 is 14.7 Å². The van der Waals surface area contributed by atoms with Crippen molar-refractivity contribution in [2.75, 3.05) is 0 Å². The lowest BCUT2D eigenvalue weighted by atomic mass is 10.1. The topological polar surface area (TPSA) is 79.3 Å². The Labute approximate surface area is 112 Å². The second-order valence-corrected chi connectivity index (χ2v) is 5.19. The third kappa shape index (κ3) is 3.53. The Morgan fingerprint density at radius 1 is 1.47 bits per heavy atom. The van der Waals surface area contributed by atoms with Crippen molar-refractivity contribution in [3.63, 3.8) is 0 Å². The average molecular weight is 262 g/mol. The Bertz CT molecular complexity index is 509. The zero-order valence-corrected chi connectivity index (χ0v) is 11.1. The summed E-state index contributed by atoms with van der Waals surface area (Å²) in [7, 11) is 0. The van der Waals surface area contributed by atoms with Crippen LogP contribution in [0.15, 0.2) is 12.1 Å². The largest absolute Gasteiger partial charge is 0.478 e. The van der Waals surface area contributed by atoms with Gasteiger partial charge >= 0.3 is 5.97 Å². The summed E-state index contributed by atoms with van der Waals surface area (Å²) in [6, 6.07) is 3.00. The maximum Gasteiger partial charge on any atom is 0.337 e. The molecule has 0 saturated heterocycles. The van der Waals surface area contributed by atoms with E-state index in [0.717, 1.165) is 12.3 Å². The molecule has 0 bridgehead atoms. The maximum atomic E-state index is 12.0. The summed E-state index contributed by atoms with van der Waals surface area (Å²) >= 11 is 0. The quantitative estimate of drug-likeness (QED) is 0.850. The van der Waals surface area contributed by atoms with Crippen LogP contribution in [0.5, 0.6) is 0 Å². The van der Waals surface area contributed by atoms with Crippen LogP contribution in [-0.2, 0) is 0 Å². The van der Waals surface area contributed by atoms with Gasteiger partial charge in [0.25, 0.3) is 5.91 Å². The number of aromatic nitrogens is 1. The second-order valence-electron chi connectivity index (χ2n) is 5.19. The number of carbonyl (C=O) groups excluding carboxylic acids is 1. The van der Waals surface area contributed by atoms with Gasteiger partial charge in [-0.2, -0.15) is 0 Å². The number of pyridine rings is 1. The first kappa shape index (κ1) is 13.5. The van der Waals surface area contributed by atoms with Crippen LogP contribution in [-0.4, -0.2) is 28.0 Å². The second kappa shape index (κ2) is 5.38. The smallest absolute Gasteiger partial charge is 0.337 e. The fourth-order valence-electron chi connectivity index (χ4n) is 2.12. The molecule has 5 nitrogen and oxygen atoms in total. The molecular formula is C14H18N2O3. The van der Waals surface area contributed by atoms with Crippen LogP contribution in [0, 0.1) is 12.8 Å². The molecule has 1 aromatic heterocycles. The normalized spacial score (nSPS) is 15.9. The molecule has 0 aromatic carbocycles. The summed E-state index contributed by atoms with van der Waals surface area (Å²) < 4.78 is 0. The summed E-state index contributed by atoms with van der Waals surface area (Å²) in [6.45, 7) is 3.57. The Kier molecular flexibility index (Phi) is 3.83. The number of carboxylic acids is 1. The van der Waals surface area contributed by atoms with Crippen molar-refractivity contribution in [3.05, 3.63) is 29.1 Å². The summed E-state index contributed by atoms with van der Waals surface area (Å²) in [6.07, 6.45) is 3.51. The van der Waals surface area contributed by atoms with Crippen molar-refractivity contribution in [1.82, 2.24) is 10.3 Å². The highest BCUT2D eigenvalue weighted by atomic mass is 16.4. The molecule has 1 unspecified atom stereocenters. The van der Waals surface area contributed by atoms with Crippen molar-refractivity contribution in [2.45, 2.75) is 39.2 Å². The first-order valence-corrected chi connectivity index (χ1v) is 6.49. The maximum absolute atomic E-state index is 12.0. The van der Waals surface area contributed by atoms with Crippen LogP contribution in [0.25, 0.3) is 0 Å². The predicted molar refractivity (Wildman–Crippen MR) is 70.2 cm³/mol. The van der Waals surface area contributed by atoms with Gasteiger partial charge in [-0.3, -0.25) is 4.79 Å². The minimum absolute atomic E-state index is 0.126. The molecule has 0 radical (unpaired) electrons. The average Bonchev–Trinajstić information content (AvgIpc) is 3.11. The highest BCUT2D eigenvalue weighted by Crippen LogP contribution is 2.33. The molecule has 0 aliphatic heterocycles. The Hall–Kier alpha value is -1.91. The van der Waals surface area contributed by atoms with E-state index in [2.05, 4.69) is 10.3 Å². The van der Waals surface area contributed by atoms with E-state index >= 15 is 0 Å². The van der Waals surface area contributed by atoms with Gasteiger partial charge in [-0.1, -0.05) is 12.8 Å². The molecule has 19 heavy (non-hydrogen) atoms. The lowest BCUT2D eigenvalue weighted by Crippen LogP contribution is -2.33. The van der Waals surface area contributed by atoms with Gasteiger partial charge in [0.1, 0.15) is 5.69 Å². The van der Waals surface area contributed by atoms with Crippen LogP contribution in [0.4, 0.5) is 0 Å². The zero-order valence-electron chi connectivity index (χ0n) is 11.1. The van der Waals surface area contributed by atoms with Gasteiger partial charge in [0.05, 0.1) is 11.3 Å². The van der Waals surface area contributed by atoms with E-state index in [-0.39, 0.29) is 23.2 Å². The molecular weight excluding hydrogens is 244 g/mol. The molecule has 1 atom stereocenters. The molecule has 1 aliphatic carbocycles. The SMILES string of the molecule is Cc1nc(C(=O)NC(C)CC2CC2)ccc1C(=O)O. The molecule has 1 heterocycles. The summed E-state index contributed by atoms with van der Waals surface area (Å²) in [5, 5.41) is 11.8. The molecule has 102 valence electrons.